The Kier molecular flexibility index (Phi) is 11.0. The molecule has 2 aliphatic rings. The van der Waals surface area contributed by atoms with Gasteiger partial charge in [-0.2, -0.15) is 0 Å². The molecule has 2 N–H and O–H groups in total. The highest BCUT2D eigenvalue weighted by Gasteiger charge is 2.23. The van der Waals surface area contributed by atoms with E-state index in [0.29, 0.717) is 12.5 Å². The van der Waals surface area contributed by atoms with E-state index in [2.05, 4.69) is 21.9 Å². The molecule has 1 aromatic carbocycles. The van der Waals surface area contributed by atoms with Crippen LogP contribution in [0, 0.1) is 5.92 Å². The summed E-state index contributed by atoms with van der Waals surface area (Å²) >= 11 is 0. The first-order chi connectivity index (χ1) is 15.8. The zero-order valence-corrected chi connectivity index (χ0v) is 19.6. The average Bonchev–Trinajstić information content (AvgIpc) is 3.32. The number of hydrogen-bond donors (Lipinski definition) is 2. The molecular formula is C24H36N2O7. The van der Waals surface area contributed by atoms with Crippen LogP contribution < -0.4 is 9.47 Å². The lowest BCUT2D eigenvalue weighted by Gasteiger charge is -2.35. The highest BCUT2D eigenvalue weighted by molar-refractivity contribution is 6.27. The molecule has 1 aromatic rings. The third-order valence-corrected chi connectivity index (χ3v) is 6.08. The van der Waals surface area contributed by atoms with E-state index in [1.165, 1.54) is 31.2 Å². The van der Waals surface area contributed by atoms with Crippen LogP contribution in [0.2, 0.25) is 0 Å². The van der Waals surface area contributed by atoms with Gasteiger partial charge in [-0.05, 0) is 37.0 Å². The minimum absolute atomic E-state index is 0.352. The van der Waals surface area contributed by atoms with Gasteiger partial charge in [-0.1, -0.05) is 31.7 Å². The summed E-state index contributed by atoms with van der Waals surface area (Å²) in [6.45, 7) is 7.05. The molecule has 0 radical (unpaired) electrons. The zero-order chi connectivity index (χ0) is 24.2. The Balaban J connectivity index is 0.000000569. The van der Waals surface area contributed by atoms with Crippen molar-refractivity contribution < 1.29 is 34.1 Å². The fraction of sp³-hybridized carbons (Fsp3) is 0.625. The Labute approximate surface area is 195 Å². The van der Waals surface area contributed by atoms with E-state index in [-0.39, 0.29) is 0 Å². The summed E-state index contributed by atoms with van der Waals surface area (Å²) in [6, 6.07) is 6.14. The van der Waals surface area contributed by atoms with Gasteiger partial charge in [0, 0.05) is 39.1 Å². The third-order valence-electron chi connectivity index (χ3n) is 6.08. The van der Waals surface area contributed by atoms with Crippen LogP contribution in [0.25, 0.3) is 0 Å². The number of benzene rings is 1. The molecule has 0 aromatic heterocycles. The van der Waals surface area contributed by atoms with Crippen molar-refractivity contribution in [3.05, 3.63) is 23.8 Å². The number of rotatable bonds is 8. The summed E-state index contributed by atoms with van der Waals surface area (Å²) in [5.41, 5.74) is 1.22. The number of carbonyl (C=O) groups is 3. The molecule has 1 saturated carbocycles. The quantitative estimate of drug-likeness (QED) is 0.564. The van der Waals surface area contributed by atoms with Crippen LogP contribution in [0.5, 0.6) is 11.5 Å². The summed E-state index contributed by atoms with van der Waals surface area (Å²) < 4.78 is 11.0. The summed E-state index contributed by atoms with van der Waals surface area (Å²) in [5.74, 6) is -0.920. The Bertz CT molecular complexity index is 773. The number of carboxylic acids is 2. The van der Waals surface area contributed by atoms with Crippen LogP contribution >= 0.6 is 0 Å². The lowest BCUT2D eigenvalue weighted by molar-refractivity contribution is -0.159. The number of aliphatic carboxylic acids is 2. The first-order valence-corrected chi connectivity index (χ1v) is 11.6. The molecule has 9 nitrogen and oxygen atoms in total. The number of nitrogens with zero attached hydrogens (tertiary/aromatic N) is 2. The van der Waals surface area contributed by atoms with Crippen molar-refractivity contribution in [2.75, 3.05) is 39.9 Å². The minimum atomic E-state index is -1.82. The van der Waals surface area contributed by atoms with Gasteiger partial charge in [0.1, 0.15) is 0 Å². The van der Waals surface area contributed by atoms with Crippen LogP contribution in [0.1, 0.15) is 51.0 Å². The predicted molar refractivity (Wildman–Crippen MR) is 122 cm³/mol. The van der Waals surface area contributed by atoms with E-state index in [4.69, 9.17) is 29.3 Å². The van der Waals surface area contributed by atoms with E-state index in [1.54, 1.807) is 7.11 Å². The molecule has 33 heavy (non-hydrogen) atoms. The second kappa shape index (κ2) is 13.7. The highest BCUT2D eigenvalue weighted by Crippen LogP contribution is 2.30. The van der Waals surface area contributed by atoms with Crippen LogP contribution in [0.15, 0.2) is 18.2 Å². The van der Waals surface area contributed by atoms with Gasteiger partial charge in [0.25, 0.3) is 0 Å². The van der Waals surface area contributed by atoms with Crippen molar-refractivity contribution in [2.45, 2.75) is 52.0 Å². The number of ether oxygens (including phenoxy) is 2. The van der Waals surface area contributed by atoms with E-state index >= 15 is 0 Å². The van der Waals surface area contributed by atoms with Gasteiger partial charge in [0.2, 0.25) is 5.91 Å². The molecule has 1 amide bonds. The number of hydrogen-bond acceptors (Lipinski definition) is 6. The second-order valence-corrected chi connectivity index (χ2v) is 8.37. The first kappa shape index (κ1) is 26.4. The number of methoxy groups -OCH3 is 1. The van der Waals surface area contributed by atoms with Gasteiger partial charge in [0.15, 0.2) is 11.5 Å². The van der Waals surface area contributed by atoms with E-state index in [0.717, 1.165) is 63.0 Å². The Morgan fingerprint density at radius 3 is 2.18 bits per heavy atom. The average molecular weight is 465 g/mol. The normalized spacial score (nSPS) is 16.6. The van der Waals surface area contributed by atoms with Gasteiger partial charge in [-0.3, -0.25) is 9.69 Å². The van der Waals surface area contributed by atoms with Crippen LogP contribution in [-0.2, 0) is 20.9 Å². The van der Waals surface area contributed by atoms with Crippen molar-refractivity contribution in [1.82, 2.24) is 9.80 Å². The topological polar surface area (TPSA) is 117 Å². The molecule has 1 heterocycles. The zero-order valence-electron chi connectivity index (χ0n) is 19.6. The summed E-state index contributed by atoms with van der Waals surface area (Å²) in [5, 5.41) is 14.8. The smallest absolute Gasteiger partial charge is 0.414 e. The number of carbonyl (C=O) groups excluding carboxylic acids is 1. The van der Waals surface area contributed by atoms with Crippen LogP contribution in [-0.4, -0.2) is 77.8 Å². The first-order valence-electron chi connectivity index (χ1n) is 11.6. The van der Waals surface area contributed by atoms with E-state index < -0.39 is 11.9 Å². The fourth-order valence-electron chi connectivity index (χ4n) is 4.29. The molecular weight excluding hydrogens is 428 g/mol. The number of piperazine rings is 1. The molecule has 9 heteroatoms. The minimum Gasteiger partial charge on any atom is -0.493 e. The van der Waals surface area contributed by atoms with E-state index in [1.807, 2.05) is 13.0 Å². The summed E-state index contributed by atoms with van der Waals surface area (Å²) in [4.78, 5) is 35.2. The maximum absolute atomic E-state index is 12.5. The molecule has 0 spiro atoms. The summed E-state index contributed by atoms with van der Waals surface area (Å²) in [7, 11) is 1.67. The van der Waals surface area contributed by atoms with Crippen molar-refractivity contribution in [3.8, 4) is 11.5 Å². The third kappa shape index (κ3) is 8.92. The van der Waals surface area contributed by atoms with Crippen LogP contribution in [0.3, 0.4) is 0 Å². The molecule has 1 saturated heterocycles. The van der Waals surface area contributed by atoms with Gasteiger partial charge >= 0.3 is 11.9 Å². The second-order valence-electron chi connectivity index (χ2n) is 8.37. The SMILES string of the molecule is CCOc1cc(CN2CCN(C(=O)CCC3CCCC3)CC2)ccc1OC.O=C(O)C(=O)O. The Morgan fingerprint density at radius 2 is 1.64 bits per heavy atom. The molecule has 0 unspecified atom stereocenters. The van der Waals surface area contributed by atoms with Crippen molar-refractivity contribution in [3.63, 3.8) is 0 Å². The largest absolute Gasteiger partial charge is 0.493 e. The number of carboxylic acid groups (broad SMARTS) is 2. The number of amides is 1. The maximum Gasteiger partial charge on any atom is 0.414 e. The predicted octanol–water partition coefficient (Wildman–Crippen LogP) is 2.86. The lowest BCUT2D eigenvalue weighted by Crippen LogP contribution is -2.48. The van der Waals surface area contributed by atoms with Gasteiger partial charge in [0.05, 0.1) is 13.7 Å². The van der Waals surface area contributed by atoms with Gasteiger partial charge in [-0.15, -0.1) is 0 Å². The molecule has 184 valence electrons. The summed E-state index contributed by atoms with van der Waals surface area (Å²) in [6.07, 6.45) is 7.19. The van der Waals surface area contributed by atoms with E-state index in [9.17, 15) is 4.79 Å². The maximum atomic E-state index is 12.5. The molecule has 2 fully saturated rings. The molecule has 1 aliphatic heterocycles. The standard InChI is InChI=1S/C22H34N2O3.C2H2O4/c1-3-27-21-16-19(8-10-20(21)26-2)17-23-12-14-24(15-13-23)22(25)11-9-18-6-4-5-7-18;3-1(4)2(5)6/h8,10,16,18H,3-7,9,11-15,17H2,1-2H3;(H,3,4)(H,5,6). The monoisotopic (exact) mass is 464 g/mol. The Hall–Kier alpha value is -2.81. The Morgan fingerprint density at radius 1 is 1.00 bits per heavy atom. The van der Waals surface area contributed by atoms with Gasteiger partial charge < -0.3 is 24.6 Å². The molecule has 3 rings (SSSR count). The fourth-order valence-corrected chi connectivity index (χ4v) is 4.29. The van der Waals surface area contributed by atoms with Crippen LogP contribution in [0.4, 0.5) is 0 Å². The van der Waals surface area contributed by atoms with Gasteiger partial charge in [-0.25, -0.2) is 9.59 Å². The molecule has 1 aliphatic carbocycles. The molecule has 0 atom stereocenters. The van der Waals surface area contributed by atoms with Crippen molar-refractivity contribution in [2.24, 2.45) is 5.92 Å². The lowest BCUT2D eigenvalue weighted by atomic mass is 10.0. The van der Waals surface area contributed by atoms with Crippen molar-refractivity contribution in [1.29, 1.82) is 0 Å². The molecule has 0 bridgehead atoms. The highest BCUT2D eigenvalue weighted by atomic mass is 16.5. The van der Waals surface area contributed by atoms with Crippen molar-refractivity contribution >= 4 is 17.8 Å².